The highest BCUT2D eigenvalue weighted by Gasteiger charge is 2.56. The first-order chi connectivity index (χ1) is 11.1. The van der Waals surface area contributed by atoms with Crippen molar-refractivity contribution in [3.05, 3.63) is 28.8 Å². The zero-order valence-corrected chi connectivity index (χ0v) is 13.4. The largest absolute Gasteiger partial charge is 0.469 e. The van der Waals surface area contributed by atoms with Crippen molar-refractivity contribution in [1.82, 2.24) is 15.0 Å². The Kier molecular flexibility index (Phi) is 3.29. The first-order valence-corrected chi connectivity index (χ1v) is 8.43. The Hall–Kier alpha value is -2.09. The maximum atomic E-state index is 12.0. The van der Waals surface area contributed by atoms with Crippen molar-refractivity contribution < 1.29 is 9.53 Å². The third-order valence-electron chi connectivity index (χ3n) is 4.63. The summed E-state index contributed by atoms with van der Waals surface area (Å²) in [7, 11) is 1.44. The predicted molar refractivity (Wildman–Crippen MR) is 87.7 cm³/mol. The number of methoxy groups -OCH3 is 1. The number of carbonyl (C=O) groups excluding carboxylic acids is 1. The van der Waals surface area contributed by atoms with Gasteiger partial charge in [-0.05, 0) is 24.3 Å². The van der Waals surface area contributed by atoms with E-state index >= 15 is 0 Å². The van der Waals surface area contributed by atoms with Crippen molar-refractivity contribution in [2.45, 2.75) is 11.2 Å². The Bertz CT molecular complexity index is 831. The molecule has 0 aromatic carbocycles. The second kappa shape index (κ2) is 5.23. The lowest BCUT2D eigenvalue weighted by Gasteiger charge is -2.50. The van der Waals surface area contributed by atoms with Crippen LogP contribution in [0.15, 0.2) is 23.3 Å². The highest BCUT2D eigenvalue weighted by Crippen LogP contribution is 2.50. The van der Waals surface area contributed by atoms with E-state index < -0.39 is 0 Å². The normalized spacial score (nSPS) is 22.3. The van der Waals surface area contributed by atoms with Crippen LogP contribution in [0, 0.1) is 5.92 Å². The molecule has 1 spiro atoms. The number of hydrogen-bond acceptors (Lipinski definition) is 7. The summed E-state index contributed by atoms with van der Waals surface area (Å²) in [5.74, 6) is 1.54. The van der Waals surface area contributed by atoms with Gasteiger partial charge in [0.15, 0.2) is 5.52 Å². The Labute approximate surface area is 136 Å². The zero-order valence-electron chi connectivity index (χ0n) is 12.6. The second-order valence-corrected chi connectivity index (χ2v) is 7.41. The number of pyridine rings is 1. The summed E-state index contributed by atoms with van der Waals surface area (Å²) in [5, 5.41) is 0. The first kappa shape index (κ1) is 14.5. The van der Waals surface area contributed by atoms with E-state index in [0.717, 1.165) is 31.1 Å². The number of nitrogens with one attached hydrogen (secondary N) is 1. The number of thioether (sulfide) groups is 1. The van der Waals surface area contributed by atoms with Gasteiger partial charge in [0, 0.05) is 13.1 Å². The van der Waals surface area contributed by atoms with Crippen LogP contribution in [0.4, 0.5) is 5.82 Å². The number of esters is 1. The first-order valence-electron chi connectivity index (χ1n) is 7.44. The average molecular weight is 332 g/mol. The minimum Gasteiger partial charge on any atom is -0.469 e. The molecule has 0 bridgehead atoms. The van der Waals surface area contributed by atoms with E-state index in [1.807, 2.05) is 17.8 Å². The fourth-order valence-electron chi connectivity index (χ4n) is 3.41. The third-order valence-corrected chi connectivity index (χ3v) is 6.19. The molecule has 1 N–H and O–H groups in total. The highest BCUT2D eigenvalue weighted by molar-refractivity contribution is 8.01. The number of nitrogens with zero attached hydrogens (tertiary/aromatic N) is 3. The molecule has 0 aliphatic carbocycles. The van der Waals surface area contributed by atoms with E-state index in [-0.39, 0.29) is 22.2 Å². The smallest absolute Gasteiger partial charge is 0.310 e. The van der Waals surface area contributed by atoms with Gasteiger partial charge in [-0.2, -0.15) is 11.8 Å². The van der Waals surface area contributed by atoms with Gasteiger partial charge in [0.1, 0.15) is 5.82 Å². The number of ether oxygens (including phenoxy) is 1. The second-order valence-electron chi connectivity index (χ2n) is 5.90. The Morgan fingerprint density at radius 3 is 3.09 bits per heavy atom. The summed E-state index contributed by atoms with van der Waals surface area (Å²) in [6.45, 7) is 1.49. The molecule has 2 aliphatic heterocycles. The number of fused-ring (bicyclic) bond motifs is 1. The molecule has 0 radical (unpaired) electrons. The number of aromatic amines is 1. The van der Waals surface area contributed by atoms with Crippen LogP contribution in [-0.2, 0) is 9.53 Å². The molecule has 2 aromatic rings. The van der Waals surface area contributed by atoms with Crippen molar-refractivity contribution in [2.75, 3.05) is 30.9 Å². The standard InChI is InChI=1S/C15H16N4O3S/c1-22-14(21)9-4-5-23-15(9)6-19(7-15)11-3-2-10-12(18-11)13(20)17-8-16-10/h2-3,8-9H,4-7H2,1H3,(H,16,17,20). The molecule has 1 atom stereocenters. The third kappa shape index (κ3) is 2.20. The molecule has 120 valence electrons. The van der Waals surface area contributed by atoms with E-state index in [0.29, 0.717) is 11.0 Å². The number of aromatic nitrogens is 3. The Balaban J connectivity index is 1.59. The summed E-state index contributed by atoms with van der Waals surface area (Å²) in [5.41, 5.74) is 0.680. The lowest BCUT2D eigenvalue weighted by Crippen LogP contribution is -2.63. The molecular weight excluding hydrogens is 316 g/mol. The fourth-order valence-corrected chi connectivity index (χ4v) is 5.08. The molecular formula is C15H16N4O3S. The van der Waals surface area contributed by atoms with Crippen molar-refractivity contribution in [3.63, 3.8) is 0 Å². The molecule has 0 amide bonds. The van der Waals surface area contributed by atoms with E-state index in [1.54, 1.807) is 6.07 Å². The maximum Gasteiger partial charge on any atom is 0.310 e. The van der Waals surface area contributed by atoms with Crippen LogP contribution in [0.2, 0.25) is 0 Å². The number of carbonyl (C=O) groups is 1. The van der Waals surface area contributed by atoms with Crippen LogP contribution < -0.4 is 10.5 Å². The topological polar surface area (TPSA) is 88.2 Å². The van der Waals surface area contributed by atoms with Gasteiger partial charge in [-0.3, -0.25) is 9.59 Å². The fraction of sp³-hybridized carbons (Fsp3) is 0.467. The molecule has 0 saturated carbocycles. The minimum absolute atomic E-state index is 0.0562. The number of hydrogen-bond donors (Lipinski definition) is 1. The molecule has 2 aliphatic rings. The van der Waals surface area contributed by atoms with E-state index in [1.165, 1.54) is 13.4 Å². The summed E-state index contributed by atoms with van der Waals surface area (Å²) < 4.78 is 4.86. The molecule has 23 heavy (non-hydrogen) atoms. The number of H-pyrrole nitrogens is 1. The lowest BCUT2D eigenvalue weighted by molar-refractivity contribution is -0.146. The van der Waals surface area contributed by atoms with Gasteiger partial charge in [-0.15, -0.1) is 0 Å². The summed E-state index contributed by atoms with van der Waals surface area (Å²) in [6.07, 6.45) is 2.24. The summed E-state index contributed by atoms with van der Waals surface area (Å²) in [6, 6.07) is 3.67. The van der Waals surface area contributed by atoms with Gasteiger partial charge < -0.3 is 14.6 Å². The zero-order chi connectivity index (χ0) is 16.0. The lowest BCUT2D eigenvalue weighted by atomic mass is 9.83. The molecule has 4 rings (SSSR count). The van der Waals surface area contributed by atoms with Crippen LogP contribution in [0.25, 0.3) is 11.0 Å². The number of rotatable bonds is 2. The van der Waals surface area contributed by atoms with Gasteiger partial charge >= 0.3 is 5.97 Å². The van der Waals surface area contributed by atoms with Crippen molar-refractivity contribution in [3.8, 4) is 0 Å². The molecule has 1 unspecified atom stereocenters. The maximum absolute atomic E-state index is 12.0. The molecule has 4 heterocycles. The predicted octanol–water partition coefficient (Wildman–Crippen LogP) is 0.803. The number of anilines is 1. The molecule has 2 saturated heterocycles. The van der Waals surface area contributed by atoms with Crippen LogP contribution in [0.5, 0.6) is 0 Å². The van der Waals surface area contributed by atoms with Crippen LogP contribution in [-0.4, -0.2) is 51.6 Å². The van der Waals surface area contributed by atoms with Crippen molar-refractivity contribution >= 4 is 34.6 Å². The average Bonchev–Trinajstić information content (AvgIpc) is 2.98. The van der Waals surface area contributed by atoms with Crippen LogP contribution >= 0.6 is 11.8 Å². The molecule has 7 nitrogen and oxygen atoms in total. The van der Waals surface area contributed by atoms with Gasteiger partial charge in [0.05, 0.1) is 29.6 Å². The van der Waals surface area contributed by atoms with Gasteiger partial charge in [-0.1, -0.05) is 0 Å². The summed E-state index contributed by atoms with van der Waals surface area (Å²) in [4.78, 5) is 37.0. The van der Waals surface area contributed by atoms with Gasteiger partial charge in [-0.25, -0.2) is 9.97 Å². The van der Waals surface area contributed by atoms with E-state index in [4.69, 9.17) is 4.74 Å². The minimum atomic E-state index is -0.241. The molecule has 2 aromatic heterocycles. The molecule has 8 heteroatoms. The van der Waals surface area contributed by atoms with E-state index in [9.17, 15) is 9.59 Å². The summed E-state index contributed by atoms with van der Waals surface area (Å²) >= 11 is 1.84. The van der Waals surface area contributed by atoms with Crippen molar-refractivity contribution in [1.29, 1.82) is 0 Å². The highest BCUT2D eigenvalue weighted by atomic mass is 32.2. The van der Waals surface area contributed by atoms with Crippen LogP contribution in [0.3, 0.4) is 0 Å². The van der Waals surface area contributed by atoms with E-state index in [2.05, 4.69) is 19.9 Å². The van der Waals surface area contributed by atoms with Crippen molar-refractivity contribution in [2.24, 2.45) is 5.92 Å². The van der Waals surface area contributed by atoms with Gasteiger partial charge in [0.2, 0.25) is 0 Å². The quantitative estimate of drug-likeness (QED) is 0.814. The van der Waals surface area contributed by atoms with Gasteiger partial charge in [0.25, 0.3) is 5.56 Å². The monoisotopic (exact) mass is 332 g/mol. The Morgan fingerprint density at radius 2 is 2.30 bits per heavy atom. The molecule has 2 fully saturated rings. The SMILES string of the molecule is COC(=O)C1CCSC12CN(c1ccc3nc[nH]c(=O)c3n1)C2. The Morgan fingerprint density at radius 1 is 1.48 bits per heavy atom. The van der Waals surface area contributed by atoms with Crippen LogP contribution in [0.1, 0.15) is 6.42 Å².